The van der Waals surface area contributed by atoms with Gasteiger partial charge < -0.3 is 0 Å². The van der Waals surface area contributed by atoms with E-state index in [0.29, 0.717) is 0 Å². The van der Waals surface area contributed by atoms with Crippen LogP contribution in [-0.4, -0.2) is 0 Å². The molecule has 0 unspecified atom stereocenters. The minimum atomic E-state index is -0.175. The lowest BCUT2D eigenvalue weighted by molar-refractivity contribution is 0.726. The average molecular weight is 243 g/mol. The predicted octanol–water partition coefficient (Wildman–Crippen LogP) is 4.83. The number of benzene rings is 2. The molecule has 0 aliphatic carbocycles. The molecule has 17 heavy (non-hydrogen) atoms. The molecule has 2 rings (SSSR count). The van der Waals surface area contributed by atoms with Gasteiger partial charge in [0.25, 0.3) is 0 Å². The van der Waals surface area contributed by atoms with Gasteiger partial charge in [-0.15, -0.1) is 6.58 Å². The van der Waals surface area contributed by atoms with Crippen molar-refractivity contribution >= 4 is 11.6 Å². The molecule has 2 aromatic rings. The Labute approximate surface area is 108 Å². The van der Waals surface area contributed by atoms with Gasteiger partial charge in [0.1, 0.15) is 0 Å². The normalized spacial score (nSPS) is 14.0. The fourth-order valence-electron chi connectivity index (χ4n) is 1.98. The van der Waals surface area contributed by atoms with Gasteiger partial charge in [0, 0.05) is 10.4 Å². The fraction of sp³-hybridized carbons (Fsp3) is 0.125. The van der Waals surface area contributed by atoms with E-state index in [1.54, 1.807) is 0 Å². The second-order valence-corrected chi connectivity index (χ2v) is 4.72. The van der Waals surface area contributed by atoms with Crippen LogP contribution in [0.4, 0.5) is 0 Å². The molecule has 0 aliphatic rings. The monoisotopic (exact) mass is 242 g/mol. The Hall–Kier alpha value is -1.53. The number of allylic oxidation sites excluding steroid dienone is 1. The van der Waals surface area contributed by atoms with Crippen molar-refractivity contribution in [3.63, 3.8) is 0 Å². The molecule has 0 nitrogen and oxygen atoms in total. The molecule has 0 amide bonds. The molecule has 1 heteroatoms. The van der Waals surface area contributed by atoms with Crippen molar-refractivity contribution in [2.75, 3.05) is 0 Å². The molecule has 0 saturated carbocycles. The maximum absolute atomic E-state index is 5.93. The van der Waals surface area contributed by atoms with Crippen LogP contribution in [0.2, 0.25) is 5.02 Å². The van der Waals surface area contributed by atoms with E-state index in [1.807, 2.05) is 36.4 Å². The van der Waals surface area contributed by atoms with Crippen LogP contribution in [0.1, 0.15) is 18.1 Å². The largest absolute Gasteiger partial charge is 0.102 e. The van der Waals surface area contributed by atoms with E-state index >= 15 is 0 Å². The second-order valence-electron chi connectivity index (χ2n) is 4.28. The Bertz CT molecular complexity index is 499. The summed E-state index contributed by atoms with van der Waals surface area (Å²) < 4.78 is 0. The minimum Gasteiger partial charge on any atom is -0.102 e. The summed E-state index contributed by atoms with van der Waals surface area (Å²) in [6.45, 7) is 6.14. The van der Waals surface area contributed by atoms with E-state index in [2.05, 4.69) is 37.8 Å². The van der Waals surface area contributed by atoms with Crippen LogP contribution in [-0.2, 0) is 5.41 Å². The van der Waals surface area contributed by atoms with E-state index in [9.17, 15) is 0 Å². The first kappa shape index (κ1) is 11.9. The smallest absolute Gasteiger partial charge is 0.0406 e. The van der Waals surface area contributed by atoms with Crippen molar-refractivity contribution in [3.05, 3.63) is 83.4 Å². The molecular weight excluding hydrogens is 228 g/mol. The van der Waals surface area contributed by atoms with Crippen molar-refractivity contribution in [2.45, 2.75) is 12.3 Å². The molecule has 0 heterocycles. The SMILES string of the molecule is C=C[C@@](C)(c1ccccc1)c1ccc(Cl)cc1. The number of halogens is 1. The summed E-state index contributed by atoms with van der Waals surface area (Å²) in [7, 11) is 0. The van der Waals surface area contributed by atoms with Gasteiger partial charge in [-0.05, 0) is 30.2 Å². The van der Waals surface area contributed by atoms with Gasteiger partial charge in [-0.1, -0.05) is 60.1 Å². The zero-order valence-corrected chi connectivity index (χ0v) is 10.6. The Kier molecular flexibility index (Phi) is 3.35. The first-order valence-electron chi connectivity index (χ1n) is 5.62. The lowest BCUT2D eigenvalue weighted by atomic mass is 9.76. The van der Waals surface area contributed by atoms with Gasteiger partial charge in [0.15, 0.2) is 0 Å². The van der Waals surface area contributed by atoms with Crippen LogP contribution < -0.4 is 0 Å². The molecule has 0 radical (unpaired) electrons. The van der Waals surface area contributed by atoms with Gasteiger partial charge in [-0.2, -0.15) is 0 Å². The Balaban J connectivity index is 2.51. The van der Waals surface area contributed by atoms with E-state index < -0.39 is 0 Å². The Morgan fingerprint density at radius 3 is 2.00 bits per heavy atom. The van der Waals surface area contributed by atoms with Crippen LogP contribution >= 0.6 is 11.6 Å². The van der Waals surface area contributed by atoms with Crippen LogP contribution in [0, 0.1) is 0 Å². The van der Waals surface area contributed by atoms with E-state index in [-0.39, 0.29) is 5.41 Å². The van der Waals surface area contributed by atoms with Crippen LogP contribution in [0.5, 0.6) is 0 Å². The standard InChI is InChI=1S/C16H15Cl/c1-3-16(2,13-7-5-4-6-8-13)14-9-11-15(17)12-10-14/h3-12H,1H2,2H3/t16-/m0/s1. The molecule has 2 aromatic carbocycles. The van der Waals surface area contributed by atoms with Crippen LogP contribution in [0.3, 0.4) is 0 Å². The zero-order valence-electron chi connectivity index (χ0n) is 9.86. The number of rotatable bonds is 3. The van der Waals surface area contributed by atoms with Gasteiger partial charge in [-0.25, -0.2) is 0 Å². The maximum Gasteiger partial charge on any atom is 0.0406 e. The van der Waals surface area contributed by atoms with Crippen molar-refractivity contribution in [2.24, 2.45) is 0 Å². The summed E-state index contributed by atoms with van der Waals surface area (Å²) in [5.74, 6) is 0. The lowest BCUT2D eigenvalue weighted by Gasteiger charge is -2.27. The van der Waals surface area contributed by atoms with Crippen LogP contribution in [0.15, 0.2) is 67.3 Å². The summed E-state index contributed by atoms with van der Waals surface area (Å²) >= 11 is 5.93. The average Bonchev–Trinajstić information content (AvgIpc) is 2.40. The highest BCUT2D eigenvalue weighted by Crippen LogP contribution is 2.33. The molecule has 1 atom stereocenters. The van der Waals surface area contributed by atoms with Crippen molar-refractivity contribution in [1.82, 2.24) is 0 Å². The Morgan fingerprint density at radius 1 is 0.941 bits per heavy atom. The third-order valence-corrected chi connectivity index (χ3v) is 3.48. The van der Waals surface area contributed by atoms with Gasteiger partial charge in [0.2, 0.25) is 0 Å². The predicted molar refractivity (Wildman–Crippen MR) is 74.5 cm³/mol. The first-order valence-corrected chi connectivity index (χ1v) is 6.00. The van der Waals surface area contributed by atoms with Gasteiger partial charge >= 0.3 is 0 Å². The second kappa shape index (κ2) is 4.77. The molecule has 0 saturated heterocycles. The highest BCUT2D eigenvalue weighted by Gasteiger charge is 2.24. The summed E-state index contributed by atoms with van der Waals surface area (Å²) in [6.07, 6.45) is 1.98. The fourth-order valence-corrected chi connectivity index (χ4v) is 2.11. The first-order chi connectivity index (χ1) is 8.16. The minimum absolute atomic E-state index is 0.175. The quantitative estimate of drug-likeness (QED) is 0.676. The summed E-state index contributed by atoms with van der Waals surface area (Å²) in [6, 6.07) is 18.3. The third-order valence-electron chi connectivity index (χ3n) is 3.23. The van der Waals surface area contributed by atoms with Crippen molar-refractivity contribution in [3.8, 4) is 0 Å². The van der Waals surface area contributed by atoms with E-state index in [0.717, 1.165) is 5.02 Å². The third kappa shape index (κ3) is 2.27. The molecule has 0 fully saturated rings. The Morgan fingerprint density at radius 2 is 1.47 bits per heavy atom. The summed E-state index contributed by atoms with van der Waals surface area (Å²) in [5, 5.41) is 0.758. The summed E-state index contributed by atoms with van der Waals surface area (Å²) in [5.41, 5.74) is 2.26. The zero-order chi connectivity index (χ0) is 12.3. The maximum atomic E-state index is 5.93. The van der Waals surface area contributed by atoms with E-state index in [1.165, 1.54) is 11.1 Å². The molecular formula is C16H15Cl. The molecule has 0 spiro atoms. The summed E-state index contributed by atoms with van der Waals surface area (Å²) in [4.78, 5) is 0. The molecule has 0 aromatic heterocycles. The topological polar surface area (TPSA) is 0 Å². The highest BCUT2D eigenvalue weighted by atomic mass is 35.5. The number of hydrogen-bond donors (Lipinski definition) is 0. The molecule has 86 valence electrons. The molecule has 0 N–H and O–H groups in total. The number of hydrogen-bond acceptors (Lipinski definition) is 0. The van der Waals surface area contributed by atoms with E-state index in [4.69, 9.17) is 11.6 Å². The van der Waals surface area contributed by atoms with Crippen molar-refractivity contribution in [1.29, 1.82) is 0 Å². The lowest BCUT2D eigenvalue weighted by Crippen LogP contribution is -2.20. The van der Waals surface area contributed by atoms with Gasteiger partial charge in [0.05, 0.1) is 0 Å². The van der Waals surface area contributed by atoms with Crippen molar-refractivity contribution < 1.29 is 0 Å². The highest BCUT2D eigenvalue weighted by molar-refractivity contribution is 6.30. The van der Waals surface area contributed by atoms with Gasteiger partial charge in [-0.3, -0.25) is 0 Å². The van der Waals surface area contributed by atoms with Crippen LogP contribution in [0.25, 0.3) is 0 Å². The molecule has 0 bridgehead atoms. The molecule has 0 aliphatic heterocycles.